The Balaban J connectivity index is 1.40. The minimum absolute atomic E-state index is 0.0308. The summed E-state index contributed by atoms with van der Waals surface area (Å²) in [5.74, 6) is -0.0308. The Bertz CT molecular complexity index is 905. The Labute approximate surface area is 158 Å². The molecule has 1 aliphatic heterocycles. The van der Waals surface area contributed by atoms with Crippen LogP contribution in [0.4, 0.5) is 0 Å². The molecule has 7 heteroatoms. The van der Waals surface area contributed by atoms with Gasteiger partial charge in [-0.2, -0.15) is 0 Å². The molecule has 0 radical (unpaired) electrons. The number of hydrogen-bond acceptors (Lipinski definition) is 5. The van der Waals surface area contributed by atoms with E-state index in [1.54, 1.807) is 17.5 Å². The quantitative estimate of drug-likeness (QED) is 0.656. The predicted octanol–water partition coefficient (Wildman–Crippen LogP) is 3.41. The van der Waals surface area contributed by atoms with Crippen molar-refractivity contribution in [3.8, 4) is 0 Å². The number of para-hydroxylation sites is 2. The average molecular weight is 417 g/mol. The maximum Gasteiger partial charge on any atom is 0.274 e. The summed E-state index contributed by atoms with van der Waals surface area (Å²) >= 11 is 5.27. The van der Waals surface area contributed by atoms with Gasteiger partial charge in [-0.15, -0.1) is 11.3 Å². The number of benzene rings is 1. The van der Waals surface area contributed by atoms with Gasteiger partial charge in [-0.25, -0.2) is 4.98 Å². The Hall–Kier alpha value is -1.83. The van der Waals surface area contributed by atoms with Crippen molar-refractivity contribution in [2.45, 2.75) is 6.54 Å². The summed E-state index contributed by atoms with van der Waals surface area (Å²) in [4.78, 5) is 27.1. The molecule has 128 valence electrons. The fourth-order valence-corrected chi connectivity index (χ4v) is 4.51. The normalized spacial score (nSPS) is 15.6. The molecule has 4 rings (SSSR count). The molecule has 1 saturated heterocycles. The topological polar surface area (TPSA) is 49.3 Å². The molecular weight excluding hydrogens is 400 g/mol. The number of amides is 1. The molecule has 0 saturated carbocycles. The van der Waals surface area contributed by atoms with Crippen molar-refractivity contribution in [1.82, 2.24) is 19.8 Å². The number of aromatic nitrogens is 2. The van der Waals surface area contributed by atoms with Crippen molar-refractivity contribution in [3.63, 3.8) is 0 Å². The molecule has 3 aromatic rings. The maximum atomic E-state index is 12.7. The summed E-state index contributed by atoms with van der Waals surface area (Å²) in [5, 5.41) is 0. The van der Waals surface area contributed by atoms with Crippen LogP contribution in [-0.2, 0) is 6.54 Å². The average Bonchev–Trinajstić information content (AvgIpc) is 3.06. The third-order valence-electron chi connectivity index (χ3n) is 4.34. The highest BCUT2D eigenvalue weighted by Crippen LogP contribution is 2.23. The van der Waals surface area contributed by atoms with E-state index in [4.69, 9.17) is 0 Å². The van der Waals surface area contributed by atoms with Gasteiger partial charge in [-0.1, -0.05) is 12.1 Å². The zero-order chi connectivity index (χ0) is 17.2. The Morgan fingerprint density at radius 1 is 1.08 bits per heavy atom. The highest BCUT2D eigenvalue weighted by Gasteiger charge is 2.23. The maximum absolute atomic E-state index is 12.7. The van der Waals surface area contributed by atoms with Gasteiger partial charge in [-0.05, 0) is 40.2 Å². The molecule has 1 aliphatic rings. The van der Waals surface area contributed by atoms with Crippen molar-refractivity contribution in [1.29, 1.82) is 0 Å². The van der Waals surface area contributed by atoms with Gasteiger partial charge < -0.3 is 4.90 Å². The first-order chi connectivity index (χ1) is 12.2. The summed E-state index contributed by atoms with van der Waals surface area (Å²) in [6.07, 6.45) is 1.58. The molecule has 1 aromatic carbocycles. The minimum atomic E-state index is -0.0308. The third kappa shape index (κ3) is 3.73. The highest BCUT2D eigenvalue weighted by atomic mass is 79.9. The van der Waals surface area contributed by atoms with Crippen LogP contribution in [0.15, 0.2) is 46.4 Å². The van der Waals surface area contributed by atoms with Gasteiger partial charge in [-0.3, -0.25) is 14.7 Å². The number of thiophene rings is 1. The first kappa shape index (κ1) is 16.6. The van der Waals surface area contributed by atoms with E-state index in [0.29, 0.717) is 5.69 Å². The van der Waals surface area contributed by atoms with Crippen molar-refractivity contribution in [2.75, 3.05) is 26.2 Å². The lowest BCUT2D eigenvalue weighted by Gasteiger charge is -2.34. The minimum Gasteiger partial charge on any atom is -0.335 e. The molecule has 1 amide bonds. The van der Waals surface area contributed by atoms with Gasteiger partial charge in [0.2, 0.25) is 0 Å². The summed E-state index contributed by atoms with van der Waals surface area (Å²) in [6, 6.07) is 11.8. The monoisotopic (exact) mass is 416 g/mol. The largest absolute Gasteiger partial charge is 0.335 e. The second kappa shape index (κ2) is 7.19. The number of carbonyl (C=O) groups excluding carboxylic acids is 1. The van der Waals surface area contributed by atoms with Crippen LogP contribution in [0.3, 0.4) is 0 Å². The van der Waals surface area contributed by atoms with E-state index >= 15 is 0 Å². The standard InChI is InChI=1S/C18H17BrN4OS/c19-17-6-5-13(25-17)12-22-7-9-23(10-8-22)18(24)16-11-20-14-3-1-2-4-15(14)21-16/h1-6,11H,7-10,12H2. The van der Waals surface area contributed by atoms with Crippen molar-refractivity contribution >= 4 is 44.2 Å². The lowest BCUT2D eigenvalue weighted by atomic mass is 10.2. The lowest BCUT2D eigenvalue weighted by molar-refractivity contribution is 0.0624. The van der Waals surface area contributed by atoms with E-state index in [1.807, 2.05) is 29.2 Å². The molecule has 0 aliphatic carbocycles. The van der Waals surface area contributed by atoms with Crippen LogP contribution in [0.25, 0.3) is 11.0 Å². The third-order valence-corrected chi connectivity index (χ3v) is 5.94. The van der Waals surface area contributed by atoms with Crippen LogP contribution in [0.5, 0.6) is 0 Å². The van der Waals surface area contributed by atoms with Gasteiger partial charge >= 0.3 is 0 Å². The summed E-state index contributed by atoms with van der Waals surface area (Å²) in [5.41, 5.74) is 2.00. The number of halogens is 1. The number of fused-ring (bicyclic) bond motifs is 1. The molecule has 0 spiro atoms. The van der Waals surface area contributed by atoms with Crippen LogP contribution in [0.1, 0.15) is 15.4 Å². The fraction of sp³-hybridized carbons (Fsp3) is 0.278. The highest BCUT2D eigenvalue weighted by molar-refractivity contribution is 9.11. The van der Waals surface area contributed by atoms with Crippen LogP contribution < -0.4 is 0 Å². The Morgan fingerprint density at radius 3 is 2.56 bits per heavy atom. The van der Waals surface area contributed by atoms with Crippen LogP contribution in [-0.4, -0.2) is 51.9 Å². The molecule has 5 nitrogen and oxygen atoms in total. The first-order valence-corrected chi connectivity index (χ1v) is 9.77. The molecule has 0 N–H and O–H groups in total. The fourth-order valence-electron chi connectivity index (χ4n) is 2.99. The van der Waals surface area contributed by atoms with E-state index in [0.717, 1.165) is 47.5 Å². The zero-order valence-corrected chi connectivity index (χ0v) is 16.0. The van der Waals surface area contributed by atoms with Crippen molar-refractivity contribution in [2.24, 2.45) is 0 Å². The smallest absolute Gasteiger partial charge is 0.274 e. The van der Waals surface area contributed by atoms with Crippen molar-refractivity contribution < 1.29 is 4.79 Å². The van der Waals surface area contributed by atoms with Gasteiger partial charge in [0.1, 0.15) is 5.69 Å². The first-order valence-electron chi connectivity index (χ1n) is 8.17. The molecule has 3 heterocycles. The Morgan fingerprint density at radius 2 is 1.84 bits per heavy atom. The molecule has 2 aromatic heterocycles. The van der Waals surface area contributed by atoms with Gasteiger partial charge in [0, 0.05) is 37.6 Å². The number of hydrogen-bond donors (Lipinski definition) is 0. The van der Waals surface area contributed by atoms with Crippen molar-refractivity contribution in [3.05, 3.63) is 57.0 Å². The number of rotatable bonds is 3. The van der Waals surface area contributed by atoms with E-state index in [9.17, 15) is 4.79 Å². The molecule has 25 heavy (non-hydrogen) atoms. The Kier molecular flexibility index (Phi) is 4.78. The molecule has 0 bridgehead atoms. The summed E-state index contributed by atoms with van der Waals surface area (Å²) < 4.78 is 1.16. The van der Waals surface area contributed by atoms with Crippen LogP contribution >= 0.6 is 27.3 Å². The SMILES string of the molecule is O=C(c1cnc2ccccc2n1)N1CCN(Cc2ccc(Br)s2)CC1. The predicted molar refractivity (Wildman–Crippen MR) is 103 cm³/mol. The second-order valence-electron chi connectivity index (χ2n) is 6.02. The second-order valence-corrected chi connectivity index (χ2v) is 8.57. The lowest BCUT2D eigenvalue weighted by Crippen LogP contribution is -2.48. The van der Waals surface area contributed by atoms with E-state index in [-0.39, 0.29) is 5.91 Å². The zero-order valence-electron chi connectivity index (χ0n) is 13.6. The van der Waals surface area contributed by atoms with E-state index < -0.39 is 0 Å². The molecular formula is C18H17BrN4OS. The summed E-state index contributed by atoms with van der Waals surface area (Å²) in [7, 11) is 0. The number of carbonyl (C=O) groups is 1. The van der Waals surface area contributed by atoms with E-state index in [1.165, 1.54) is 4.88 Å². The van der Waals surface area contributed by atoms with E-state index in [2.05, 4.69) is 42.9 Å². The number of nitrogens with zero attached hydrogens (tertiary/aromatic N) is 4. The van der Waals surface area contributed by atoms with Gasteiger partial charge in [0.15, 0.2) is 0 Å². The molecule has 1 fully saturated rings. The molecule has 0 unspecified atom stereocenters. The van der Waals surface area contributed by atoms with Gasteiger partial charge in [0.05, 0.1) is 21.0 Å². The van der Waals surface area contributed by atoms with Gasteiger partial charge in [0.25, 0.3) is 5.91 Å². The van der Waals surface area contributed by atoms with Crippen LogP contribution in [0, 0.1) is 0 Å². The van der Waals surface area contributed by atoms with Crippen LogP contribution in [0.2, 0.25) is 0 Å². The summed E-state index contributed by atoms with van der Waals surface area (Å²) in [6.45, 7) is 4.14. The molecule has 0 atom stereocenters. The number of piperazine rings is 1.